The molecule has 22 heavy (non-hydrogen) atoms. The van der Waals surface area contributed by atoms with E-state index in [2.05, 4.69) is 5.32 Å². The van der Waals surface area contributed by atoms with Crippen molar-refractivity contribution in [2.45, 2.75) is 19.1 Å². The Morgan fingerprint density at radius 3 is 2.59 bits per heavy atom. The number of nitrogens with one attached hydrogen (secondary N) is 1. The molecule has 0 bridgehead atoms. The Morgan fingerprint density at radius 2 is 1.91 bits per heavy atom. The molecule has 1 N–H and O–H groups in total. The first-order valence-corrected chi connectivity index (χ1v) is 8.47. The summed E-state index contributed by atoms with van der Waals surface area (Å²) in [7, 11) is -1.08. The number of hydrogen-bond donors (Lipinski definition) is 1. The number of hydrogen-bond acceptors (Lipinski definition) is 2. The largest absolute Gasteiger partial charge is 0.326 e. The summed E-state index contributed by atoms with van der Waals surface area (Å²) >= 11 is 0. The molecule has 1 atom stereocenters. The molecule has 0 aliphatic heterocycles. The first kappa shape index (κ1) is 16.4. The van der Waals surface area contributed by atoms with E-state index >= 15 is 0 Å². The average Bonchev–Trinajstić information content (AvgIpc) is 2.48. The van der Waals surface area contributed by atoms with Gasteiger partial charge in [-0.1, -0.05) is 29.8 Å². The first-order chi connectivity index (χ1) is 10.5. The van der Waals surface area contributed by atoms with Gasteiger partial charge in [0.25, 0.3) is 0 Å². The van der Waals surface area contributed by atoms with Gasteiger partial charge >= 0.3 is 0 Å². The van der Waals surface area contributed by atoms with E-state index < -0.39 is 10.8 Å². The van der Waals surface area contributed by atoms with Gasteiger partial charge in [-0.25, -0.2) is 4.39 Å². The molecule has 0 spiro atoms. The predicted octanol–water partition coefficient (Wildman–Crippen LogP) is 3.41. The zero-order valence-corrected chi connectivity index (χ0v) is 13.2. The first-order valence-electron chi connectivity index (χ1n) is 6.99. The quantitative estimate of drug-likeness (QED) is 0.887. The number of carbonyl (C=O) groups excluding carboxylic acids is 1. The lowest BCUT2D eigenvalue weighted by Gasteiger charge is -2.06. The summed E-state index contributed by atoms with van der Waals surface area (Å²) < 4.78 is 24.8. The molecule has 0 saturated heterocycles. The molecular weight excluding hydrogens is 301 g/mol. The van der Waals surface area contributed by atoms with Crippen molar-refractivity contribution >= 4 is 22.4 Å². The highest BCUT2D eigenvalue weighted by Crippen LogP contribution is 2.10. The topological polar surface area (TPSA) is 46.2 Å². The minimum Gasteiger partial charge on any atom is -0.326 e. The average molecular weight is 319 g/mol. The van der Waals surface area contributed by atoms with Crippen LogP contribution in [0, 0.1) is 12.7 Å². The third-order valence-corrected chi connectivity index (χ3v) is 4.41. The van der Waals surface area contributed by atoms with Crippen molar-refractivity contribution in [3.05, 3.63) is 65.5 Å². The fourth-order valence-corrected chi connectivity index (χ4v) is 3.13. The highest BCUT2D eigenvalue weighted by molar-refractivity contribution is 7.84. The lowest BCUT2D eigenvalue weighted by molar-refractivity contribution is -0.115. The number of aryl methyl sites for hydroxylation is 1. The molecule has 0 aliphatic carbocycles. The van der Waals surface area contributed by atoms with Gasteiger partial charge < -0.3 is 5.32 Å². The SMILES string of the molecule is Cc1cccc(C[S@@](=O)CCC(=O)Nc2ccc(F)cc2)c1. The Morgan fingerprint density at radius 1 is 1.18 bits per heavy atom. The molecule has 2 aromatic rings. The van der Waals surface area contributed by atoms with Crippen LogP contribution >= 0.6 is 0 Å². The van der Waals surface area contributed by atoms with Crippen molar-refractivity contribution in [1.29, 1.82) is 0 Å². The zero-order chi connectivity index (χ0) is 15.9. The molecule has 3 nitrogen and oxygen atoms in total. The monoisotopic (exact) mass is 319 g/mol. The maximum atomic E-state index is 12.8. The third kappa shape index (κ3) is 5.41. The summed E-state index contributed by atoms with van der Waals surface area (Å²) in [6, 6.07) is 13.4. The van der Waals surface area contributed by atoms with Gasteiger partial charge in [-0.05, 0) is 36.8 Å². The van der Waals surface area contributed by atoms with Crippen molar-refractivity contribution in [3.8, 4) is 0 Å². The molecule has 0 saturated carbocycles. The van der Waals surface area contributed by atoms with Crippen LogP contribution in [-0.2, 0) is 21.3 Å². The normalized spacial score (nSPS) is 11.9. The van der Waals surface area contributed by atoms with Gasteiger partial charge in [0.1, 0.15) is 5.82 Å². The molecule has 0 fully saturated rings. The van der Waals surface area contributed by atoms with Crippen molar-refractivity contribution in [1.82, 2.24) is 0 Å². The minimum absolute atomic E-state index is 0.176. The van der Waals surface area contributed by atoms with Crippen molar-refractivity contribution in [3.63, 3.8) is 0 Å². The lowest BCUT2D eigenvalue weighted by atomic mass is 10.2. The van der Waals surface area contributed by atoms with Crippen LogP contribution in [0.3, 0.4) is 0 Å². The molecule has 0 unspecified atom stereocenters. The summed E-state index contributed by atoms with van der Waals surface area (Å²) in [5, 5.41) is 2.66. The van der Waals surface area contributed by atoms with Crippen LogP contribution in [-0.4, -0.2) is 15.9 Å². The Hall–Kier alpha value is -2.01. The van der Waals surface area contributed by atoms with Crippen LogP contribution < -0.4 is 5.32 Å². The number of rotatable bonds is 6. The van der Waals surface area contributed by atoms with E-state index in [1.54, 1.807) is 0 Å². The number of carbonyl (C=O) groups is 1. The molecule has 0 radical (unpaired) electrons. The molecule has 0 heterocycles. The molecule has 1 amide bonds. The zero-order valence-electron chi connectivity index (χ0n) is 12.3. The van der Waals surface area contributed by atoms with E-state index in [0.717, 1.165) is 11.1 Å². The lowest BCUT2D eigenvalue weighted by Crippen LogP contribution is -2.15. The fourth-order valence-electron chi connectivity index (χ4n) is 2.02. The molecule has 0 aliphatic rings. The van der Waals surface area contributed by atoms with Crippen LogP contribution in [0.15, 0.2) is 48.5 Å². The Bertz CT molecular complexity index is 671. The highest BCUT2D eigenvalue weighted by Gasteiger charge is 2.07. The fraction of sp³-hybridized carbons (Fsp3) is 0.235. The van der Waals surface area contributed by atoms with Crippen LogP contribution in [0.4, 0.5) is 10.1 Å². The minimum atomic E-state index is -1.08. The van der Waals surface area contributed by atoms with Crippen LogP contribution in [0.2, 0.25) is 0 Å². The molecule has 0 aromatic heterocycles. The molecule has 116 valence electrons. The second-order valence-corrected chi connectivity index (χ2v) is 6.66. The van der Waals surface area contributed by atoms with Gasteiger partial charge in [-0.2, -0.15) is 0 Å². The van der Waals surface area contributed by atoms with E-state index in [-0.39, 0.29) is 18.1 Å². The highest BCUT2D eigenvalue weighted by atomic mass is 32.2. The third-order valence-electron chi connectivity index (χ3n) is 3.09. The van der Waals surface area contributed by atoms with Crippen molar-refractivity contribution < 1.29 is 13.4 Å². The number of anilines is 1. The molecule has 5 heteroatoms. The number of benzene rings is 2. The van der Waals surface area contributed by atoms with E-state index in [1.165, 1.54) is 24.3 Å². The second kappa shape index (κ2) is 7.84. The Balaban J connectivity index is 1.78. The van der Waals surface area contributed by atoms with E-state index in [4.69, 9.17) is 0 Å². The van der Waals surface area contributed by atoms with Gasteiger partial charge in [0.2, 0.25) is 5.91 Å². The molecule has 2 aromatic carbocycles. The smallest absolute Gasteiger partial charge is 0.225 e. The van der Waals surface area contributed by atoms with Gasteiger partial charge in [0, 0.05) is 34.4 Å². The Kier molecular flexibility index (Phi) is 5.83. The maximum absolute atomic E-state index is 12.8. The summed E-state index contributed by atoms with van der Waals surface area (Å²) in [4.78, 5) is 11.8. The van der Waals surface area contributed by atoms with Crippen molar-refractivity contribution in [2.75, 3.05) is 11.1 Å². The number of amides is 1. The van der Waals surface area contributed by atoms with Gasteiger partial charge in [-0.15, -0.1) is 0 Å². The molecule has 2 rings (SSSR count). The molecular formula is C17H18FNO2S. The van der Waals surface area contributed by atoms with Gasteiger partial charge in [-0.3, -0.25) is 9.00 Å². The summed E-state index contributed by atoms with van der Waals surface area (Å²) in [6.45, 7) is 1.99. The van der Waals surface area contributed by atoms with Crippen molar-refractivity contribution in [2.24, 2.45) is 0 Å². The Labute approximate surface area is 132 Å². The van der Waals surface area contributed by atoms with Crippen LogP contribution in [0.5, 0.6) is 0 Å². The summed E-state index contributed by atoms with van der Waals surface area (Å²) in [6.07, 6.45) is 0.176. The summed E-state index contributed by atoms with van der Waals surface area (Å²) in [5.74, 6) is 0.188. The van der Waals surface area contributed by atoms with Gasteiger partial charge in [0.15, 0.2) is 0 Å². The van der Waals surface area contributed by atoms with Crippen LogP contribution in [0.1, 0.15) is 17.5 Å². The maximum Gasteiger partial charge on any atom is 0.225 e. The predicted molar refractivity (Wildman–Crippen MR) is 87.5 cm³/mol. The van der Waals surface area contributed by atoms with E-state index in [1.807, 2.05) is 31.2 Å². The summed E-state index contributed by atoms with van der Waals surface area (Å²) in [5.41, 5.74) is 2.68. The van der Waals surface area contributed by atoms with E-state index in [9.17, 15) is 13.4 Å². The van der Waals surface area contributed by atoms with E-state index in [0.29, 0.717) is 17.2 Å². The second-order valence-electron chi connectivity index (χ2n) is 5.08. The standard InChI is InChI=1S/C17H18FNO2S/c1-13-3-2-4-14(11-13)12-22(21)10-9-17(20)19-16-7-5-15(18)6-8-16/h2-8,11H,9-10,12H2,1H3,(H,19,20)/t22-/m0/s1. The van der Waals surface area contributed by atoms with Crippen LogP contribution in [0.25, 0.3) is 0 Å². The number of halogens is 1. The van der Waals surface area contributed by atoms with Gasteiger partial charge in [0.05, 0.1) is 0 Å².